The Balaban J connectivity index is 1.75. The first-order chi connectivity index (χ1) is 12.2. The van der Waals surface area contributed by atoms with E-state index in [0.29, 0.717) is 22.6 Å². The number of nitrogens with zero attached hydrogens (tertiary/aromatic N) is 2. The van der Waals surface area contributed by atoms with E-state index < -0.39 is 5.63 Å². The number of rotatable bonds is 2. The topological polar surface area (TPSA) is 56.7 Å². The van der Waals surface area contributed by atoms with Gasteiger partial charge in [-0.05, 0) is 36.4 Å². The molecule has 0 amide bonds. The van der Waals surface area contributed by atoms with Crippen LogP contribution >= 0.6 is 11.3 Å². The number of aromatic nitrogens is 2. The summed E-state index contributed by atoms with van der Waals surface area (Å²) >= 11 is 1.59. The van der Waals surface area contributed by atoms with Crippen LogP contribution in [-0.2, 0) is 0 Å². The van der Waals surface area contributed by atoms with E-state index in [1.54, 1.807) is 36.6 Å². The number of methoxy groups -OCH3 is 1. The predicted molar refractivity (Wildman–Crippen MR) is 98.6 cm³/mol. The lowest BCUT2D eigenvalue weighted by atomic mass is 10.1. The molecule has 3 heterocycles. The Labute approximate surface area is 145 Å². The predicted octanol–water partition coefficient (Wildman–Crippen LogP) is 4.33. The van der Waals surface area contributed by atoms with Crippen LogP contribution in [0.25, 0.3) is 37.4 Å². The number of thiazole rings is 1. The van der Waals surface area contributed by atoms with E-state index in [0.717, 1.165) is 20.6 Å². The fraction of sp³-hybridized carbons (Fsp3) is 0.0526. The molecule has 0 unspecified atom stereocenters. The Morgan fingerprint density at radius 2 is 2.04 bits per heavy atom. The van der Waals surface area contributed by atoms with Crippen molar-refractivity contribution in [3.8, 4) is 17.0 Å². The van der Waals surface area contributed by atoms with Crippen molar-refractivity contribution in [3.05, 3.63) is 65.1 Å². The van der Waals surface area contributed by atoms with Crippen molar-refractivity contribution in [2.45, 2.75) is 0 Å². The number of ether oxygens (including phenoxy) is 1. The molecule has 5 rings (SSSR count). The Morgan fingerprint density at radius 3 is 2.92 bits per heavy atom. The van der Waals surface area contributed by atoms with Crippen molar-refractivity contribution < 1.29 is 9.15 Å². The van der Waals surface area contributed by atoms with Crippen LogP contribution in [0, 0.1) is 0 Å². The molecular formula is C19H12N2O3S. The third-order valence-corrected chi connectivity index (χ3v) is 5.25. The zero-order valence-electron chi connectivity index (χ0n) is 13.2. The molecule has 2 aromatic carbocycles. The Morgan fingerprint density at radius 1 is 1.16 bits per heavy atom. The van der Waals surface area contributed by atoms with Gasteiger partial charge in [-0.2, -0.15) is 0 Å². The number of benzene rings is 2. The quantitative estimate of drug-likeness (QED) is 0.446. The minimum atomic E-state index is -0.396. The van der Waals surface area contributed by atoms with E-state index in [-0.39, 0.29) is 0 Å². The van der Waals surface area contributed by atoms with Crippen LogP contribution in [0.4, 0.5) is 0 Å². The fourth-order valence-corrected chi connectivity index (χ4v) is 3.99. The van der Waals surface area contributed by atoms with E-state index in [9.17, 15) is 4.79 Å². The minimum Gasteiger partial charge on any atom is -0.497 e. The average molecular weight is 348 g/mol. The second-order valence-corrected chi connectivity index (χ2v) is 6.71. The molecule has 25 heavy (non-hydrogen) atoms. The maximum Gasteiger partial charge on any atom is 0.345 e. The Hall–Kier alpha value is -3.12. The smallest absolute Gasteiger partial charge is 0.345 e. The number of hydrogen-bond acceptors (Lipinski definition) is 5. The van der Waals surface area contributed by atoms with Gasteiger partial charge in [-0.25, -0.2) is 9.78 Å². The number of hydrogen-bond donors (Lipinski definition) is 0. The van der Waals surface area contributed by atoms with E-state index in [1.165, 1.54) is 0 Å². The number of para-hydroxylation sites is 1. The molecular weight excluding hydrogens is 336 g/mol. The molecule has 0 radical (unpaired) electrons. The number of imidazole rings is 1. The van der Waals surface area contributed by atoms with Gasteiger partial charge in [-0.15, -0.1) is 0 Å². The SMILES string of the molecule is COc1ccc2oc(=O)c(-c3cn4c(n3)sc3ccccc34)cc2c1. The zero-order chi connectivity index (χ0) is 17.0. The van der Waals surface area contributed by atoms with Gasteiger partial charge in [0.05, 0.1) is 28.6 Å². The van der Waals surface area contributed by atoms with Gasteiger partial charge in [0.25, 0.3) is 0 Å². The van der Waals surface area contributed by atoms with Gasteiger partial charge in [0.2, 0.25) is 0 Å². The molecule has 0 saturated carbocycles. The first-order valence-electron chi connectivity index (χ1n) is 7.72. The maximum atomic E-state index is 12.4. The molecule has 0 fully saturated rings. The lowest BCUT2D eigenvalue weighted by molar-refractivity contribution is 0.415. The van der Waals surface area contributed by atoms with Crippen LogP contribution in [-0.4, -0.2) is 16.5 Å². The molecule has 0 N–H and O–H groups in total. The average Bonchev–Trinajstić information content (AvgIpc) is 3.18. The van der Waals surface area contributed by atoms with Gasteiger partial charge in [-0.3, -0.25) is 4.40 Å². The minimum absolute atomic E-state index is 0.396. The van der Waals surface area contributed by atoms with Gasteiger partial charge in [0, 0.05) is 11.6 Å². The number of fused-ring (bicyclic) bond motifs is 4. The normalized spacial score (nSPS) is 11.6. The lowest BCUT2D eigenvalue weighted by Crippen LogP contribution is -2.02. The highest BCUT2D eigenvalue weighted by Gasteiger charge is 2.14. The highest BCUT2D eigenvalue weighted by molar-refractivity contribution is 7.23. The van der Waals surface area contributed by atoms with Gasteiger partial charge < -0.3 is 9.15 Å². The summed E-state index contributed by atoms with van der Waals surface area (Å²) in [5.41, 5.74) is 2.26. The summed E-state index contributed by atoms with van der Waals surface area (Å²) in [6.45, 7) is 0. The zero-order valence-corrected chi connectivity index (χ0v) is 14.0. The van der Waals surface area contributed by atoms with Crippen molar-refractivity contribution in [1.82, 2.24) is 9.38 Å². The van der Waals surface area contributed by atoms with Crippen molar-refractivity contribution in [1.29, 1.82) is 0 Å². The fourth-order valence-electron chi connectivity index (χ4n) is 2.99. The standard InChI is InChI=1S/C19H12N2O3S/c1-23-12-6-7-16-11(8-12)9-13(18(22)24-16)14-10-21-15-4-2-3-5-17(15)25-19(21)20-14/h2-10H,1H3. The molecule has 0 aliphatic heterocycles. The largest absolute Gasteiger partial charge is 0.497 e. The first-order valence-corrected chi connectivity index (χ1v) is 8.53. The van der Waals surface area contributed by atoms with E-state index >= 15 is 0 Å². The molecule has 0 atom stereocenters. The summed E-state index contributed by atoms with van der Waals surface area (Å²) in [6.07, 6.45) is 1.88. The molecule has 0 aliphatic carbocycles. The molecule has 5 aromatic rings. The maximum absolute atomic E-state index is 12.4. The molecule has 0 spiro atoms. The summed E-state index contributed by atoms with van der Waals surface area (Å²) < 4.78 is 13.9. The highest BCUT2D eigenvalue weighted by atomic mass is 32.1. The molecule has 6 heteroatoms. The highest BCUT2D eigenvalue weighted by Crippen LogP contribution is 2.29. The van der Waals surface area contributed by atoms with Crippen LogP contribution in [0.3, 0.4) is 0 Å². The summed E-state index contributed by atoms with van der Waals surface area (Å²) in [6, 6.07) is 15.2. The second-order valence-electron chi connectivity index (χ2n) is 5.70. The Kier molecular flexibility index (Phi) is 2.96. The third-order valence-electron chi connectivity index (χ3n) is 4.21. The first kappa shape index (κ1) is 14.2. The van der Waals surface area contributed by atoms with Crippen molar-refractivity contribution in [3.63, 3.8) is 0 Å². The van der Waals surface area contributed by atoms with Gasteiger partial charge in [0.1, 0.15) is 11.3 Å². The van der Waals surface area contributed by atoms with Gasteiger partial charge >= 0.3 is 5.63 Å². The van der Waals surface area contributed by atoms with E-state index in [2.05, 4.69) is 11.1 Å². The van der Waals surface area contributed by atoms with Crippen molar-refractivity contribution >= 4 is 37.5 Å². The summed E-state index contributed by atoms with van der Waals surface area (Å²) in [5.74, 6) is 0.712. The van der Waals surface area contributed by atoms with Crippen LogP contribution < -0.4 is 10.4 Å². The monoisotopic (exact) mass is 348 g/mol. The molecule has 0 bridgehead atoms. The van der Waals surface area contributed by atoms with E-state index in [1.807, 2.05) is 34.9 Å². The molecule has 122 valence electrons. The Bertz CT molecular complexity index is 1310. The van der Waals surface area contributed by atoms with Crippen LogP contribution in [0.15, 0.2) is 63.9 Å². The molecule has 5 nitrogen and oxygen atoms in total. The second kappa shape index (κ2) is 5.19. The van der Waals surface area contributed by atoms with Crippen LogP contribution in [0.5, 0.6) is 5.75 Å². The molecule has 0 aliphatic rings. The van der Waals surface area contributed by atoms with Crippen LogP contribution in [0.1, 0.15) is 0 Å². The molecule has 3 aromatic heterocycles. The van der Waals surface area contributed by atoms with Crippen molar-refractivity contribution in [2.75, 3.05) is 7.11 Å². The van der Waals surface area contributed by atoms with Crippen molar-refractivity contribution in [2.24, 2.45) is 0 Å². The molecule has 0 saturated heterocycles. The summed E-state index contributed by atoms with van der Waals surface area (Å²) in [5, 5.41) is 0.801. The third kappa shape index (κ3) is 2.15. The van der Waals surface area contributed by atoms with Gasteiger partial charge in [-0.1, -0.05) is 23.5 Å². The van der Waals surface area contributed by atoms with E-state index in [4.69, 9.17) is 9.15 Å². The summed E-state index contributed by atoms with van der Waals surface area (Å²) in [4.78, 5) is 17.9. The lowest BCUT2D eigenvalue weighted by Gasteiger charge is -2.02. The van der Waals surface area contributed by atoms with Gasteiger partial charge in [0.15, 0.2) is 4.96 Å². The van der Waals surface area contributed by atoms with Crippen LogP contribution in [0.2, 0.25) is 0 Å². The summed E-state index contributed by atoms with van der Waals surface area (Å²) in [7, 11) is 1.61.